The summed E-state index contributed by atoms with van der Waals surface area (Å²) in [7, 11) is 0. The van der Waals surface area contributed by atoms with Gasteiger partial charge in [0, 0.05) is 5.69 Å². The molecule has 10 heavy (non-hydrogen) atoms. The highest BCUT2D eigenvalue weighted by atomic mass is 19.1. The van der Waals surface area contributed by atoms with Crippen molar-refractivity contribution in [3.63, 3.8) is 0 Å². The lowest BCUT2D eigenvalue weighted by atomic mass is 10.3. The van der Waals surface area contributed by atoms with Gasteiger partial charge in [-0.25, -0.2) is 4.39 Å². The molecule has 0 aliphatic carbocycles. The van der Waals surface area contributed by atoms with Gasteiger partial charge in [0.25, 0.3) is 0 Å². The first-order valence-electron chi connectivity index (χ1n) is 2.71. The Labute approximate surface area is 57.7 Å². The van der Waals surface area contributed by atoms with Gasteiger partial charge in [0.2, 0.25) is 0 Å². The summed E-state index contributed by atoms with van der Waals surface area (Å²) in [4.78, 5) is 9.73. The summed E-state index contributed by atoms with van der Waals surface area (Å²) in [5, 5.41) is 2.26. The van der Waals surface area contributed by atoms with Gasteiger partial charge in [0.05, 0.1) is 0 Å². The summed E-state index contributed by atoms with van der Waals surface area (Å²) < 4.78 is 12.2. The van der Waals surface area contributed by atoms with E-state index in [9.17, 15) is 9.18 Å². The SMILES string of the molecule is O=[C]Nc1ccc(F)cc1. The van der Waals surface area contributed by atoms with E-state index < -0.39 is 0 Å². The third-order valence-corrected chi connectivity index (χ3v) is 1.04. The minimum absolute atomic E-state index is 0.323. The Kier molecular flexibility index (Phi) is 1.99. The molecule has 0 saturated carbocycles. The zero-order valence-electron chi connectivity index (χ0n) is 5.10. The second-order valence-corrected chi connectivity index (χ2v) is 1.73. The molecule has 0 heterocycles. The second-order valence-electron chi connectivity index (χ2n) is 1.73. The fraction of sp³-hybridized carbons (Fsp3) is 0. The van der Waals surface area contributed by atoms with Crippen molar-refractivity contribution in [2.75, 3.05) is 5.32 Å². The number of nitrogens with one attached hydrogen (secondary N) is 1. The van der Waals surface area contributed by atoms with E-state index in [1.54, 1.807) is 0 Å². The highest BCUT2D eigenvalue weighted by Gasteiger charge is 1.89. The summed E-state index contributed by atoms with van der Waals surface area (Å²) in [6, 6.07) is 5.44. The molecule has 1 N–H and O–H groups in total. The average molecular weight is 138 g/mol. The van der Waals surface area contributed by atoms with Crippen LogP contribution in [0.2, 0.25) is 0 Å². The van der Waals surface area contributed by atoms with Crippen LogP contribution in [-0.4, -0.2) is 6.41 Å². The molecule has 0 unspecified atom stereocenters. The van der Waals surface area contributed by atoms with Crippen molar-refractivity contribution in [2.24, 2.45) is 0 Å². The molecule has 1 amide bonds. The Bertz CT molecular complexity index is 220. The first kappa shape index (κ1) is 6.74. The van der Waals surface area contributed by atoms with E-state index in [0.29, 0.717) is 5.69 Å². The maximum Gasteiger partial charge on any atom is 0.314 e. The van der Waals surface area contributed by atoms with E-state index in [-0.39, 0.29) is 5.82 Å². The first-order chi connectivity index (χ1) is 4.83. The van der Waals surface area contributed by atoms with Gasteiger partial charge >= 0.3 is 6.41 Å². The number of amides is 1. The molecule has 0 spiro atoms. The second kappa shape index (κ2) is 2.96. The Morgan fingerprint density at radius 1 is 1.30 bits per heavy atom. The normalized spacial score (nSPS) is 8.90. The van der Waals surface area contributed by atoms with Crippen LogP contribution in [-0.2, 0) is 4.79 Å². The molecular weight excluding hydrogens is 133 g/mol. The van der Waals surface area contributed by atoms with Crippen LogP contribution in [0.3, 0.4) is 0 Å². The van der Waals surface area contributed by atoms with Crippen LogP contribution in [0.15, 0.2) is 24.3 Å². The number of carbonyl (C=O) groups excluding carboxylic acids is 1. The van der Waals surface area contributed by atoms with Crippen LogP contribution < -0.4 is 5.32 Å². The number of rotatable bonds is 2. The molecule has 0 saturated heterocycles. The molecule has 0 fully saturated rings. The maximum atomic E-state index is 12.2. The van der Waals surface area contributed by atoms with E-state index in [4.69, 9.17) is 0 Å². The summed E-state index contributed by atoms with van der Waals surface area (Å²) in [5.74, 6) is -0.323. The Balaban J connectivity index is 2.78. The lowest BCUT2D eigenvalue weighted by molar-refractivity contribution is 0.561. The third kappa shape index (κ3) is 1.55. The molecule has 0 bridgehead atoms. The topological polar surface area (TPSA) is 29.1 Å². The average Bonchev–Trinajstić information content (AvgIpc) is 1.95. The van der Waals surface area contributed by atoms with Crippen molar-refractivity contribution in [3.05, 3.63) is 30.1 Å². The third-order valence-electron chi connectivity index (χ3n) is 1.04. The van der Waals surface area contributed by atoms with Crippen molar-refractivity contribution >= 4 is 12.1 Å². The zero-order valence-corrected chi connectivity index (χ0v) is 5.10. The maximum absolute atomic E-state index is 12.2. The van der Waals surface area contributed by atoms with Crippen LogP contribution in [0.25, 0.3) is 0 Å². The van der Waals surface area contributed by atoms with Gasteiger partial charge in [-0.1, -0.05) is 0 Å². The van der Waals surface area contributed by atoms with E-state index in [1.807, 2.05) is 0 Å². The molecule has 3 heteroatoms. The quantitative estimate of drug-likeness (QED) is 0.613. The van der Waals surface area contributed by atoms with E-state index in [2.05, 4.69) is 5.32 Å². The molecule has 1 radical (unpaired) electrons. The Morgan fingerprint density at radius 2 is 1.90 bits per heavy atom. The summed E-state index contributed by atoms with van der Waals surface area (Å²) >= 11 is 0. The van der Waals surface area contributed by atoms with Crippen molar-refractivity contribution in [2.45, 2.75) is 0 Å². The minimum Gasteiger partial charge on any atom is -0.318 e. The fourth-order valence-electron chi connectivity index (χ4n) is 0.592. The smallest absolute Gasteiger partial charge is 0.314 e. The molecule has 1 aromatic rings. The van der Waals surface area contributed by atoms with Crippen molar-refractivity contribution in [1.29, 1.82) is 0 Å². The predicted octanol–water partition coefficient (Wildman–Crippen LogP) is 1.30. The number of hydrogen-bond acceptors (Lipinski definition) is 1. The standard InChI is InChI=1S/C7H5FNO/c8-6-1-3-7(4-2-6)9-5-10/h1-4H,(H,9,10). The van der Waals surface area contributed by atoms with Crippen molar-refractivity contribution < 1.29 is 9.18 Å². The lowest BCUT2D eigenvalue weighted by Gasteiger charge is -1.94. The number of benzene rings is 1. The molecule has 1 rings (SSSR count). The minimum atomic E-state index is -0.323. The molecule has 0 aromatic heterocycles. The predicted molar refractivity (Wildman–Crippen MR) is 35.7 cm³/mol. The van der Waals surface area contributed by atoms with Gasteiger partial charge in [-0.3, -0.25) is 4.79 Å². The van der Waals surface area contributed by atoms with Gasteiger partial charge in [-0.2, -0.15) is 0 Å². The van der Waals surface area contributed by atoms with Crippen molar-refractivity contribution in [3.8, 4) is 0 Å². The van der Waals surface area contributed by atoms with Crippen LogP contribution in [0.5, 0.6) is 0 Å². The summed E-state index contributed by atoms with van der Waals surface area (Å²) in [6.45, 7) is 0. The Hall–Kier alpha value is -1.38. The molecule has 0 aliphatic heterocycles. The summed E-state index contributed by atoms with van der Waals surface area (Å²) in [6.07, 6.45) is 1.48. The highest BCUT2D eigenvalue weighted by molar-refractivity contribution is 5.71. The summed E-state index contributed by atoms with van der Waals surface area (Å²) in [5.41, 5.74) is 0.538. The van der Waals surface area contributed by atoms with E-state index >= 15 is 0 Å². The number of hydrogen-bond donors (Lipinski definition) is 1. The molecule has 0 atom stereocenters. The fourth-order valence-corrected chi connectivity index (χ4v) is 0.592. The zero-order chi connectivity index (χ0) is 7.40. The molecule has 0 aliphatic rings. The van der Waals surface area contributed by atoms with E-state index in [0.717, 1.165) is 0 Å². The molecule has 51 valence electrons. The van der Waals surface area contributed by atoms with Crippen LogP contribution in [0, 0.1) is 5.82 Å². The van der Waals surface area contributed by atoms with Crippen LogP contribution in [0.1, 0.15) is 0 Å². The van der Waals surface area contributed by atoms with Gasteiger partial charge in [-0.15, -0.1) is 0 Å². The van der Waals surface area contributed by atoms with Gasteiger partial charge < -0.3 is 5.32 Å². The van der Waals surface area contributed by atoms with Gasteiger partial charge in [-0.05, 0) is 24.3 Å². The van der Waals surface area contributed by atoms with Gasteiger partial charge in [0.15, 0.2) is 0 Å². The molecular formula is C7H5FNO. The first-order valence-corrected chi connectivity index (χ1v) is 2.71. The van der Waals surface area contributed by atoms with Crippen molar-refractivity contribution in [1.82, 2.24) is 0 Å². The van der Waals surface area contributed by atoms with Crippen LogP contribution in [0.4, 0.5) is 10.1 Å². The molecule has 2 nitrogen and oxygen atoms in total. The van der Waals surface area contributed by atoms with Gasteiger partial charge in [0.1, 0.15) is 5.82 Å². The molecule has 1 aromatic carbocycles. The number of anilines is 1. The lowest BCUT2D eigenvalue weighted by Crippen LogP contribution is -1.92. The highest BCUT2D eigenvalue weighted by Crippen LogP contribution is 2.06. The van der Waals surface area contributed by atoms with Crippen LogP contribution >= 0.6 is 0 Å². The Morgan fingerprint density at radius 3 is 2.40 bits per heavy atom. The van der Waals surface area contributed by atoms with E-state index in [1.165, 1.54) is 30.7 Å². The monoisotopic (exact) mass is 138 g/mol. The number of halogens is 1. The largest absolute Gasteiger partial charge is 0.318 e.